The normalized spacial score (nSPS) is 14.7. The molecular weight excluding hydrogens is 322 g/mol. The third-order valence-electron chi connectivity index (χ3n) is 4.22. The molecule has 4 heterocycles. The number of nitrogens with zero attached hydrogens (tertiary/aromatic N) is 5. The molecule has 24 heavy (non-hydrogen) atoms. The van der Waals surface area contributed by atoms with Gasteiger partial charge in [-0.3, -0.25) is 4.90 Å². The molecule has 6 nitrogen and oxygen atoms in total. The van der Waals surface area contributed by atoms with E-state index in [0.717, 1.165) is 49.6 Å². The first kappa shape index (κ1) is 15.4. The highest BCUT2D eigenvalue weighted by atomic mass is 32.1. The zero-order valence-corrected chi connectivity index (χ0v) is 14.4. The molecule has 0 saturated heterocycles. The molecular formula is C17H19N5OS. The molecule has 0 fully saturated rings. The van der Waals surface area contributed by atoms with Gasteiger partial charge in [-0.2, -0.15) is 4.98 Å². The fraction of sp³-hybridized carbons (Fsp3) is 0.412. The Morgan fingerprint density at radius 3 is 3.17 bits per heavy atom. The Morgan fingerprint density at radius 1 is 1.33 bits per heavy atom. The Labute approximate surface area is 144 Å². The van der Waals surface area contributed by atoms with Crippen molar-refractivity contribution in [3.8, 4) is 10.7 Å². The lowest BCUT2D eigenvalue weighted by molar-refractivity contribution is 0.242. The molecule has 1 aliphatic heterocycles. The van der Waals surface area contributed by atoms with Gasteiger partial charge in [0, 0.05) is 25.7 Å². The minimum absolute atomic E-state index is 0.694. The molecule has 0 saturated carbocycles. The summed E-state index contributed by atoms with van der Waals surface area (Å²) in [6, 6.07) is 4.00. The van der Waals surface area contributed by atoms with Crippen LogP contribution in [-0.4, -0.2) is 38.1 Å². The van der Waals surface area contributed by atoms with Crippen LogP contribution in [0.4, 0.5) is 0 Å². The van der Waals surface area contributed by atoms with Crippen LogP contribution in [0.25, 0.3) is 10.7 Å². The number of hydrogen-bond acceptors (Lipinski definition) is 7. The van der Waals surface area contributed by atoms with Gasteiger partial charge in [0.25, 0.3) is 0 Å². The highest BCUT2D eigenvalue weighted by Gasteiger charge is 2.18. The van der Waals surface area contributed by atoms with E-state index in [4.69, 9.17) is 4.52 Å². The van der Waals surface area contributed by atoms with Gasteiger partial charge in [0.1, 0.15) is 5.82 Å². The first-order valence-electron chi connectivity index (χ1n) is 8.18. The summed E-state index contributed by atoms with van der Waals surface area (Å²) < 4.78 is 5.36. The molecule has 0 amide bonds. The molecule has 0 radical (unpaired) electrons. The maximum Gasteiger partial charge on any atom is 0.227 e. The van der Waals surface area contributed by atoms with Crippen molar-refractivity contribution in [1.29, 1.82) is 0 Å². The van der Waals surface area contributed by atoms with Crippen LogP contribution in [0.3, 0.4) is 0 Å². The van der Waals surface area contributed by atoms with Gasteiger partial charge in [-0.05, 0) is 43.3 Å². The Balaban J connectivity index is 1.30. The predicted octanol–water partition coefficient (Wildman–Crippen LogP) is 2.89. The molecule has 4 rings (SSSR count). The first-order valence-corrected chi connectivity index (χ1v) is 9.06. The van der Waals surface area contributed by atoms with E-state index in [9.17, 15) is 0 Å². The van der Waals surface area contributed by atoms with Gasteiger partial charge >= 0.3 is 0 Å². The summed E-state index contributed by atoms with van der Waals surface area (Å²) in [6.45, 7) is 4.92. The van der Waals surface area contributed by atoms with Gasteiger partial charge in [0.05, 0.1) is 10.6 Å². The predicted molar refractivity (Wildman–Crippen MR) is 91.7 cm³/mol. The quantitative estimate of drug-likeness (QED) is 0.711. The van der Waals surface area contributed by atoms with Crippen molar-refractivity contribution < 1.29 is 4.52 Å². The standard InChI is InChI=1S/C17H19N5OS/c1-12-18-10-13-6-8-22(11-14(13)19-12)7-2-5-16-20-17(21-23-16)15-4-3-9-24-15/h3-4,9-10H,2,5-8,11H2,1H3. The summed E-state index contributed by atoms with van der Waals surface area (Å²) in [5, 5.41) is 6.08. The van der Waals surface area contributed by atoms with Gasteiger partial charge in [-0.15, -0.1) is 11.3 Å². The van der Waals surface area contributed by atoms with Crippen LogP contribution in [0.5, 0.6) is 0 Å². The van der Waals surface area contributed by atoms with E-state index in [0.29, 0.717) is 11.7 Å². The van der Waals surface area contributed by atoms with Crippen molar-refractivity contribution in [3.05, 3.63) is 46.7 Å². The third kappa shape index (κ3) is 3.37. The van der Waals surface area contributed by atoms with Crippen LogP contribution >= 0.6 is 11.3 Å². The van der Waals surface area contributed by atoms with Gasteiger partial charge in [-0.25, -0.2) is 9.97 Å². The van der Waals surface area contributed by atoms with E-state index in [1.165, 1.54) is 11.3 Å². The van der Waals surface area contributed by atoms with Crippen molar-refractivity contribution >= 4 is 11.3 Å². The molecule has 0 bridgehead atoms. The van der Waals surface area contributed by atoms with Crippen LogP contribution in [0, 0.1) is 6.92 Å². The summed E-state index contributed by atoms with van der Waals surface area (Å²) in [5.74, 6) is 2.26. The van der Waals surface area contributed by atoms with Crippen LogP contribution in [0.2, 0.25) is 0 Å². The molecule has 124 valence electrons. The third-order valence-corrected chi connectivity index (χ3v) is 5.09. The fourth-order valence-electron chi connectivity index (χ4n) is 2.96. The Bertz CT molecular complexity index is 814. The number of thiophene rings is 1. The Kier molecular flexibility index (Phi) is 4.36. The number of fused-ring (bicyclic) bond motifs is 1. The van der Waals surface area contributed by atoms with Crippen molar-refractivity contribution in [1.82, 2.24) is 25.0 Å². The highest BCUT2D eigenvalue weighted by molar-refractivity contribution is 7.13. The molecule has 0 atom stereocenters. The number of aromatic nitrogens is 4. The first-order chi connectivity index (χ1) is 11.8. The largest absolute Gasteiger partial charge is 0.339 e. The summed E-state index contributed by atoms with van der Waals surface area (Å²) >= 11 is 1.63. The lowest BCUT2D eigenvalue weighted by Crippen LogP contribution is -2.32. The maximum atomic E-state index is 5.36. The summed E-state index contributed by atoms with van der Waals surface area (Å²) in [4.78, 5) is 16.8. The number of hydrogen-bond donors (Lipinski definition) is 0. The summed E-state index contributed by atoms with van der Waals surface area (Å²) in [7, 11) is 0. The minimum Gasteiger partial charge on any atom is -0.339 e. The van der Waals surface area contributed by atoms with Crippen LogP contribution in [-0.2, 0) is 19.4 Å². The summed E-state index contributed by atoms with van der Waals surface area (Å²) in [5.41, 5.74) is 2.46. The Hall–Kier alpha value is -2.12. The second-order valence-electron chi connectivity index (χ2n) is 6.01. The van der Waals surface area contributed by atoms with Crippen molar-refractivity contribution in [2.45, 2.75) is 32.7 Å². The lowest BCUT2D eigenvalue weighted by Gasteiger charge is -2.27. The average Bonchev–Trinajstić information content (AvgIpc) is 3.26. The highest BCUT2D eigenvalue weighted by Crippen LogP contribution is 2.22. The zero-order valence-electron chi connectivity index (χ0n) is 13.6. The van der Waals surface area contributed by atoms with E-state index in [1.807, 2.05) is 30.6 Å². The van der Waals surface area contributed by atoms with Crippen LogP contribution < -0.4 is 0 Å². The monoisotopic (exact) mass is 341 g/mol. The minimum atomic E-state index is 0.694. The van der Waals surface area contributed by atoms with Gasteiger partial charge in [0.2, 0.25) is 11.7 Å². The Morgan fingerprint density at radius 2 is 2.29 bits per heavy atom. The molecule has 0 spiro atoms. The fourth-order valence-corrected chi connectivity index (χ4v) is 3.61. The molecule has 0 N–H and O–H groups in total. The van der Waals surface area contributed by atoms with Gasteiger partial charge in [0.15, 0.2) is 0 Å². The molecule has 7 heteroatoms. The maximum absolute atomic E-state index is 5.36. The van der Waals surface area contributed by atoms with E-state index in [2.05, 4.69) is 25.0 Å². The molecule has 1 aliphatic rings. The van der Waals surface area contributed by atoms with Gasteiger partial charge < -0.3 is 4.52 Å². The molecule has 3 aromatic rings. The molecule has 0 unspecified atom stereocenters. The average molecular weight is 341 g/mol. The van der Waals surface area contributed by atoms with Crippen molar-refractivity contribution in [2.75, 3.05) is 13.1 Å². The van der Waals surface area contributed by atoms with E-state index < -0.39 is 0 Å². The van der Waals surface area contributed by atoms with Gasteiger partial charge in [-0.1, -0.05) is 11.2 Å². The summed E-state index contributed by atoms with van der Waals surface area (Å²) in [6.07, 6.45) is 4.81. The second-order valence-corrected chi connectivity index (χ2v) is 6.96. The van der Waals surface area contributed by atoms with Crippen LogP contribution in [0.1, 0.15) is 29.4 Å². The SMILES string of the molecule is Cc1ncc2c(n1)CN(CCCc1nc(-c3cccs3)no1)CC2. The topological polar surface area (TPSA) is 67.9 Å². The van der Waals surface area contributed by atoms with E-state index >= 15 is 0 Å². The number of aryl methyl sites for hydroxylation is 2. The molecule has 0 aliphatic carbocycles. The smallest absolute Gasteiger partial charge is 0.227 e. The lowest BCUT2D eigenvalue weighted by atomic mass is 10.1. The number of rotatable bonds is 5. The zero-order chi connectivity index (χ0) is 16.4. The molecule has 3 aromatic heterocycles. The van der Waals surface area contributed by atoms with Crippen LogP contribution in [0.15, 0.2) is 28.2 Å². The van der Waals surface area contributed by atoms with E-state index in [1.54, 1.807) is 11.3 Å². The molecule has 0 aromatic carbocycles. The second kappa shape index (κ2) is 6.78. The van der Waals surface area contributed by atoms with E-state index in [-0.39, 0.29) is 0 Å². The van der Waals surface area contributed by atoms with Crippen molar-refractivity contribution in [3.63, 3.8) is 0 Å². The van der Waals surface area contributed by atoms with Crippen molar-refractivity contribution in [2.24, 2.45) is 0 Å².